The van der Waals surface area contributed by atoms with Gasteiger partial charge in [0, 0.05) is 11.4 Å². The first kappa shape index (κ1) is 20.9. The number of hydrogen-bond donors (Lipinski definition) is 1. The smallest absolute Gasteiger partial charge is 0.234 e. The molecule has 0 spiro atoms. The number of benzene rings is 2. The Morgan fingerprint density at radius 1 is 1.03 bits per heavy atom. The predicted molar refractivity (Wildman–Crippen MR) is 117 cm³/mol. The molecule has 0 aliphatic heterocycles. The zero-order valence-electron chi connectivity index (χ0n) is 16.9. The van der Waals surface area contributed by atoms with Crippen LogP contribution in [-0.2, 0) is 11.3 Å². The SMILES string of the molecule is COc1ccc(CN(C)CC(=O)N[C@@H](c2ccccc2)c2cccs2)cc1OC. The van der Waals surface area contributed by atoms with Gasteiger partial charge in [0.15, 0.2) is 11.5 Å². The summed E-state index contributed by atoms with van der Waals surface area (Å²) in [5.74, 6) is 1.36. The number of amides is 1. The number of methoxy groups -OCH3 is 2. The highest BCUT2D eigenvalue weighted by atomic mass is 32.1. The van der Waals surface area contributed by atoms with Crippen LogP contribution in [0.3, 0.4) is 0 Å². The van der Waals surface area contributed by atoms with Gasteiger partial charge in [0.25, 0.3) is 0 Å². The summed E-state index contributed by atoms with van der Waals surface area (Å²) >= 11 is 1.64. The molecule has 0 unspecified atom stereocenters. The fraction of sp³-hybridized carbons (Fsp3) is 0.261. The van der Waals surface area contributed by atoms with Crippen molar-refractivity contribution in [2.75, 3.05) is 27.8 Å². The maximum Gasteiger partial charge on any atom is 0.234 e. The molecule has 6 heteroatoms. The van der Waals surface area contributed by atoms with Gasteiger partial charge in [-0.1, -0.05) is 42.5 Å². The molecule has 3 aromatic rings. The van der Waals surface area contributed by atoms with Gasteiger partial charge in [-0.05, 0) is 41.8 Å². The average molecular weight is 411 g/mol. The lowest BCUT2D eigenvalue weighted by molar-refractivity contribution is -0.122. The summed E-state index contributed by atoms with van der Waals surface area (Å²) in [6.07, 6.45) is 0. The molecule has 2 aromatic carbocycles. The van der Waals surface area contributed by atoms with E-state index < -0.39 is 0 Å². The number of hydrogen-bond acceptors (Lipinski definition) is 5. The molecule has 0 aliphatic rings. The minimum Gasteiger partial charge on any atom is -0.493 e. The van der Waals surface area contributed by atoms with E-state index in [0.717, 1.165) is 16.0 Å². The number of thiophene rings is 1. The first-order chi connectivity index (χ1) is 14.1. The standard InChI is InChI=1S/C23H26N2O3S/c1-25(15-17-11-12-19(27-2)20(14-17)28-3)16-22(26)24-23(21-10-7-13-29-21)18-8-5-4-6-9-18/h4-14,23H,15-16H2,1-3H3,(H,24,26)/t23-/m0/s1. The molecule has 3 rings (SSSR count). The second-order valence-electron chi connectivity index (χ2n) is 6.79. The lowest BCUT2D eigenvalue weighted by Crippen LogP contribution is -2.37. The van der Waals surface area contributed by atoms with Crippen molar-refractivity contribution < 1.29 is 14.3 Å². The van der Waals surface area contributed by atoms with Crippen LogP contribution in [0.2, 0.25) is 0 Å². The predicted octanol–water partition coefficient (Wildman–Crippen LogP) is 4.10. The molecule has 0 radical (unpaired) electrons. The highest BCUT2D eigenvalue weighted by molar-refractivity contribution is 7.10. The second kappa shape index (κ2) is 10.1. The molecule has 5 nitrogen and oxygen atoms in total. The summed E-state index contributed by atoms with van der Waals surface area (Å²) in [5.41, 5.74) is 2.13. The van der Waals surface area contributed by atoms with Crippen LogP contribution in [0.4, 0.5) is 0 Å². The summed E-state index contributed by atoms with van der Waals surface area (Å²) in [6.45, 7) is 0.922. The lowest BCUT2D eigenvalue weighted by Gasteiger charge is -2.21. The van der Waals surface area contributed by atoms with Crippen molar-refractivity contribution in [1.82, 2.24) is 10.2 Å². The van der Waals surface area contributed by atoms with Gasteiger partial charge in [-0.25, -0.2) is 0 Å². The molecule has 0 bridgehead atoms. The fourth-order valence-electron chi connectivity index (χ4n) is 3.22. The van der Waals surface area contributed by atoms with E-state index in [2.05, 4.69) is 11.4 Å². The monoisotopic (exact) mass is 410 g/mol. The third kappa shape index (κ3) is 5.59. The van der Waals surface area contributed by atoms with Crippen molar-refractivity contribution in [3.05, 3.63) is 82.0 Å². The highest BCUT2D eigenvalue weighted by Gasteiger charge is 2.18. The van der Waals surface area contributed by atoms with Gasteiger partial charge in [0.05, 0.1) is 26.8 Å². The van der Waals surface area contributed by atoms with E-state index in [1.165, 1.54) is 0 Å². The summed E-state index contributed by atoms with van der Waals surface area (Å²) in [6, 6.07) is 19.8. The maximum absolute atomic E-state index is 12.8. The first-order valence-electron chi connectivity index (χ1n) is 9.38. The number of nitrogens with one attached hydrogen (secondary N) is 1. The molecular formula is C23H26N2O3S. The number of likely N-dealkylation sites (N-methyl/N-ethyl adjacent to an activating group) is 1. The molecule has 29 heavy (non-hydrogen) atoms. The lowest BCUT2D eigenvalue weighted by atomic mass is 10.1. The van der Waals surface area contributed by atoms with E-state index in [4.69, 9.17) is 9.47 Å². The van der Waals surface area contributed by atoms with Crippen molar-refractivity contribution >= 4 is 17.2 Å². The van der Waals surface area contributed by atoms with Crippen LogP contribution >= 0.6 is 11.3 Å². The molecule has 0 fully saturated rings. The van der Waals surface area contributed by atoms with Gasteiger partial charge in [0.1, 0.15) is 0 Å². The molecule has 1 aromatic heterocycles. The third-order valence-electron chi connectivity index (χ3n) is 4.58. The zero-order chi connectivity index (χ0) is 20.6. The van der Waals surface area contributed by atoms with Gasteiger partial charge in [-0.15, -0.1) is 11.3 Å². The zero-order valence-corrected chi connectivity index (χ0v) is 17.7. The van der Waals surface area contributed by atoms with Gasteiger partial charge in [-0.3, -0.25) is 9.69 Å². The summed E-state index contributed by atoms with van der Waals surface area (Å²) in [5, 5.41) is 5.21. The molecule has 0 saturated carbocycles. The van der Waals surface area contributed by atoms with E-state index in [9.17, 15) is 4.79 Å². The summed E-state index contributed by atoms with van der Waals surface area (Å²) in [7, 11) is 5.16. The number of ether oxygens (including phenoxy) is 2. The van der Waals surface area contributed by atoms with E-state index in [-0.39, 0.29) is 11.9 Å². The van der Waals surface area contributed by atoms with Gasteiger partial charge < -0.3 is 14.8 Å². The molecule has 1 heterocycles. The van der Waals surface area contributed by atoms with Crippen LogP contribution < -0.4 is 14.8 Å². The van der Waals surface area contributed by atoms with Crippen LogP contribution in [-0.4, -0.2) is 38.6 Å². The van der Waals surface area contributed by atoms with Crippen molar-refractivity contribution in [2.24, 2.45) is 0 Å². The third-order valence-corrected chi connectivity index (χ3v) is 5.52. The minimum absolute atomic E-state index is 0.0183. The number of rotatable bonds is 9. The number of carbonyl (C=O) groups is 1. The normalized spacial score (nSPS) is 11.9. The Balaban J connectivity index is 1.64. The van der Waals surface area contributed by atoms with E-state index in [1.807, 2.05) is 71.9 Å². The molecule has 1 amide bonds. The topological polar surface area (TPSA) is 50.8 Å². The fourth-order valence-corrected chi connectivity index (χ4v) is 4.02. The Morgan fingerprint density at radius 3 is 2.45 bits per heavy atom. The molecule has 1 N–H and O–H groups in total. The first-order valence-corrected chi connectivity index (χ1v) is 10.3. The van der Waals surface area contributed by atoms with Gasteiger partial charge in [-0.2, -0.15) is 0 Å². The minimum atomic E-state index is -0.141. The Morgan fingerprint density at radius 2 is 1.79 bits per heavy atom. The van der Waals surface area contributed by atoms with Crippen LogP contribution in [0.1, 0.15) is 22.0 Å². The number of nitrogens with zero attached hydrogens (tertiary/aromatic N) is 1. The van der Waals surface area contributed by atoms with Crippen molar-refractivity contribution in [3.8, 4) is 11.5 Å². The molecule has 152 valence electrons. The van der Waals surface area contributed by atoms with Crippen LogP contribution in [0.25, 0.3) is 0 Å². The molecule has 0 saturated heterocycles. The van der Waals surface area contributed by atoms with Crippen LogP contribution in [0, 0.1) is 0 Å². The largest absolute Gasteiger partial charge is 0.493 e. The van der Waals surface area contributed by atoms with Crippen molar-refractivity contribution in [3.63, 3.8) is 0 Å². The average Bonchev–Trinajstić information content (AvgIpc) is 3.27. The van der Waals surface area contributed by atoms with Gasteiger partial charge in [0.2, 0.25) is 5.91 Å². The Bertz CT molecular complexity index is 913. The highest BCUT2D eigenvalue weighted by Crippen LogP contribution is 2.28. The van der Waals surface area contributed by atoms with E-state index in [0.29, 0.717) is 24.6 Å². The Kier molecular flexibility index (Phi) is 7.27. The quantitative estimate of drug-likeness (QED) is 0.577. The van der Waals surface area contributed by atoms with E-state index >= 15 is 0 Å². The van der Waals surface area contributed by atoms with Crippen molar-refractivity contribution in [2.45, 2.75) is 12.6 Å². The van der Waals surface area contributed by atoms with Crippen LogP contribution in [0.5, 0.6) is 11.5 Å². The summed E-state index contributed by atoms with van der Waals surface area (Å²) < 4.78 is 10.6. The van der Waals surface area contributed by atoms with Crippen molar-refractivity contribution in [1.29, 1.82) is 0 Å². The van der Waals surface area contributed by atoms with Crippen LogP contribution in [0.15, 0.2) is 66.0 Å². The van der Waals surface area contributed by atoms with E-state index in [1.54, 1.807) is 25.6 Å². The second-order valence-corrected chi connectivity index (χ2v) is 7.77. The summed E-state index contributed by atoms with van der Waals surface area (Å²) in [4.78, 5) is 15.9. The maximum atomic E-state index is 12.8. The Hall–Kier alpha value is -2.83. The number of carbonyl (C=O) groups excluding carboxylic acids is 1. The Labute approximate surface area is 175 Å². The molecule has 0 aliphatic carbocycles. The van der Waals surface area contributed by atoms with Gasteiger partial charge >= 0.3 is 0 Å². The molecular weight excluding hydrogens is 384 g/mol. The molecule has 1 atom stereocenters.